The molecule has 0 aromatic carbocycles. The van der Waals surface area contributed by atoms with Crippen LogP contribution in [0.25, 0.3) is 0 Å². The third-order valence-corrected chi connectivity index (χ3v) is 0.880. The van der Waals surface area contributed by atoms with Crippen LogP contribution >= 0.6 is 0 Å². The Morgan fingerprint density at radius 2 is 1.33 bits per heavy atom. The van der Waals surface area contributed by atoms with E-state index in [0.29, 0.717) is 6.67 Å². The fourth-order valence-electron chi connectivity index (χ4n) is 0.491. The van der Waals surface area contributed by atoms with Gasteiger partial charge in [0.05, 0.1) is 0 Å². The highest BCUT2D eigenvalue weighted by atomic mass is 14.9. The van der Waals surface area contributed by atoms with E-state index in [0.717, 1.165) is 0 Å². The molecule has 46 valence electrons. The Morgan fingerprint density at radius 3 is 1.89 bits per heavy atom. The molecule has 1 heterocycles. The first-order valence-corrected chi connectivity index (χ1v) is 2.82. The number of rotatable bonds is 0. The summed E-state index contributed by atoms with van der Waals surface area (Å²) in [7, 11) is 0. The molecule has 0 amide bonds. The Labute approximate surface area is 54.3 Å². The molecule has 0 saturated heterocycles. The standard InChI is InChI=1S/C7H8N2/c1-2-4-6-9-7-8-5-3-1/h1-6H,7H2/b3-1-,4-2-,8-5-,9-6-. The van der Waals surface area contributed by atoms with Crippen molar-refractivity contribution in [2.75, 3.05) is 6.67 Å². The minimum absolute atomic E-state index is 0.536. The molecular formula is C7H8N2. The van der Waals surface area contributed by atoms with Crippen LogP contribution in [0.3, 0.4) is 0 Å². The highest BCUT2D eigenvalue weighted by molar-refractivity contribution is 5.75. The van der Waals surface area contributed by atoms with Crippen molar-refractivity contribution in [2.24, 2.45) is 9.98 Å². The average Bonchev–Trinajstić information content (AvgIpc) is 2.00. The van der Waals surface area contributed by atoms with Gasteiger partial charge in [-0.15, -0.1) is 0 Å². The van der Waals surface area contributed by atoms with E-state index in [9.17, 15) is 0 Å². The van der Waals surface area contributed by atoms with Crippen LogP contribution in [0.1, 0.15) is 0 Å². The molecule has 0 unspecified atom stereocenters. The zero-order chi connectivity index (χ0) is 6.36. The maximum absolute atomic E-state index is 3.94. The summed E-state index contributed by atoms with van der Waals surface area (Å²) in [5, 5.41) is 0. The topological polar surface area (TPSA) is 24.7 Å². The molecule has 1 aliphatic rings. The summed E-state index contributed by atoms with van der Waals surface area (Å²) >= 11 is 0. The first kappa shape index (κ1) is 5.95. The normalized spacial score (nSPS) is 31.1. The van der Waals surface area contributed by atoms with Crippen LogP contribution in [0, 0.1) is 0 Å². The van der Waals surface area contributed by atoms with Crippen LogP contribution in [0.4, 0.5) is 0 Å². The Balaban J connectivity index is 2.60. The van der Waals surface area contributed by atoms with Crippen LogP contribution in [0.15, 0.2) is 34.3 Å². The van der Waals surface area contributed by atoms with Gasteiger partial charge in [0.1, 0.15) is 6.67 Å². The van der Waals surface area contributed by atoms with Gasteiger partial charge in [-0.25, -0.2) is 0 Å². The molecule has 0 atom stereocenters. The van der Waals surface area contributed by atoms with Gasteiger partial charge < -0.3 is 0 Å². The van der Waals surface area contributed by atoms with Gasteiger partial charge in [-0.05, 0) is 12.2 Å². The van der Waals surface area contributed by atoms with E-state index in [-0.39, 0.29) is 0 Å². The van der Waals surface area contributed by atoms with Gasteiger partial charge in [0.25, 0.3) is 0 Å². The smallest absolute Gasteiger partial charge is 0.129 e. The molecular weight excluding hydrogens is 112 g/mol. The van der Waals surface area contributed by atoms with Crippen LogP contribution in [-0.2, 0) is 0 Å². The molecule has 0 spiro atoms. The van der Waals surface area contributed by atoms with Crippen molar-refractivity contribution in [1.29, 1.82) is 0 Å². The molecule has 9 heavy (non-hydrogen) atoms. The second-order valence-electron chi connectivity index (χ2n) is 1.57. The number of hydrogen-bond acceptors (Lipinski definition) is 2. The molecule has 0 aliphatic carbocycles. The van der Waals surface area contributed by atoms with Crippen molar-refractivity contribution in [3.05, 3.63) is 24.3 Å². The van der Waals surface area contributed by atoms with E-state index in [1.54, 1.807) is 12.4 Å². The van der Waals surface area contributed by atoms with Crippen molar-refractivity contribution in [2.45, 2.75) is 0 Å². The number of allylic oxidation sites excluding steroid dienone is 4. The summed E-state index contributed by atoms with van der Waals surface area (Å²) in [5.41, 5.74) is 0. The predicted molar refractivity (Wildman–Crippen MR) is 40.1 cm³/mol. The SMILES string of the molecule is C1=C\C=N/C/N=C\C=C/1. The van der Waals surface area contributed by atoms with Gasteiger partial charge in [-0.3, -0.25) is 9.98 Å². The molecule has 1 rings (SSSR count). The molecule has 0 aromatic heterocycles. The number of aliphatic imine (C=N–C) groups is 2. The zero-order valence-corrected chi connectivity index (χ0v) is 5.07. The lowest BCUT2D eigenvalue weighted by atomic mass is 10.4. The van der Waals surface area contributed by atoms with Crippen molar-refractivity contribution in [1.82, 2.24) is 0 Å². The predicted octanol–water partition coefficient (Wildman–Crippen LogP) is 1.21. The Hall–Kier alpha value is -1.18. The van der Waals surface area contributed by atoms with Crippen molar-refractivity contribution in [3.8, 4) is 0 Å². The first-order valence-electron chi connectivity index (χ1n) is 2.82. The fourth-order valence-corrected chi connectivity index (χ4v) is 0.491. The van der Waals surface area contributed by atoms with Crippen LogP contribution < -0.4 is 0 Å². The van der Waals surface area contributed by atoms with Crippen LogP contribution in [-0.4, -0.2) is 19.1 Å². The van der Waals surface area contributed by atoms with E-state index in [1.807, 2.05) is 24.3 Å². The molecule has 0 radical (unpaired) electrons. The lowest BCUT2D eigenvalue weighted by Gasteiger charge is -1.76. The molecule has 2 nitrogen and oxygen atoms in total. The first-order chi connectivity index (χ1) is 4.50. The largest absolute Gasteiger partial charge is 0.270 e. The molecule has 2 heteroatoms. The third-order valence-electron chi connectivity index (χ3n) is 0.880. The van der Waals surface area contributed by atoms with Crippen molar-refractivity contribution in [3.63, 3.8) is 0 Å². The lowest BCUT2D eigenvalue weighted by Crippen LogP contribution is -1.72. The summed E-state index contributed by atoms with van der Waals surface area (Å²) < 4.78 is 0. The molecule has 0 saturated carbocycles. The maximum atomic E-state index is 3.94. The van der Waals surface area contributed by atoms with E-state index in [2.05, 4.69) is 9.98 Å². The average molecular weight is 120 g/mol. The molecule has 0 fully saturated rings. The molecule has 0 N–H and O–H groups in total. The van der Waals surface area contributed by atoms with Gasteiger partial charge in [-0.2, -0.15) is 0 Å². The summed E-state index contributed by atoms with van der Waals surface area (Å²) in [6.07, 6.45) is 11.1. The molecule has 0 bridgehead atoms. The lowest BCUT2D eigenvalue weighted by molar-refractivity contribution is 1.09. The van der Waals surface area contributed by atoms with E-state index >= 15 is 0 Å². The van der Waals surface area contributed by atoms with Crippen LogP contribution in [0.5, 0.6) is 0 Å². The second kappa shape index (κ2) is 3.78. The van der Waals surface area contributed by atoms with E-state index in [4.69, 9.17) is 0 Å². The highest BCUT2D eigenvalue weighted by Gasteiger charge is 1.70. The summed E-state index contributed by atoms with van der Waals surface area (Å²) in [6, 6.07) is 0. The molecule has 0 aromatic rings. The van der Waals surface area contributed by atoms with Crippen molar-refractivity contribution >= 4 is 12.4 Å². The van der Waals surface area contributed by atoms with Gasteiger partial charge >= 0.3 is 0 Å². The second-order valence-corrected chi connectivity index (χ2v) is 1.57. The van der Waals surface area contributed by atoms with Gasteiger partial charge in [-0.1, -0.05) is 12.2 Å². The summed E-state index contributed by atoms with van der Waals surface area (Å²) in [4.78, 5) is 7.88. The minimum Gasteiger partial charge on any atom is -0.270 e. The maximum Gasteiger partial charge on any atom is 0.129 e. The Bertz CT molecular complexity index is 155. The van der Waals surface area contributed by atoms with Gasteiger partial charge in [0.15, 0.2) is 0 Å². The number of hydrogen-bond donors (Lipinski definition) is 0. The number of nitrogens with zero attached hydrogens (tertiary/aromatic N) is 2. The third kappa shape index (κ3) is 2.59. The van der Waals surface area contributed by atoms with Crippen LogP contribution in [0.2, 0.25) is 0 Å². The van der Waals surface area contributed by atoms with Gasteiger partial charge in [0.2, 0.25) is 0 Å². The monoisotopic (exact) mass is 120 g/mol. The van der Waals surface area contributed by atoms with E-state index < -0.39 is 0 Å². The zero-order valence-electron chi connectivity index (χ0n) is 5.07. The minimum atomic E-state index is 0.536. The van der Waals surface area contributed by atoms with Gasteiger partial charge in [0, 0.05) is 12.4 Å². The fraction of sp³-hybridized carbons (Fsp3) is 0.143. The highest BCUT2D eigenvalue weighted by Crippen LogP contribution is 1.79. The Morgan fingerprint density at radius 1 is 0.778 bits per heavy atom. The molecule has 1 aliphatic heterocycles. The Kier molecular flexibility index (Phi) is 2.50. The quantitative estimate of drug-likeness (QED) is 0.459. The summed E-state index contributed by atoms with van der Waals surface area (Å²) in [5.74, 6) is 0. The summed E-state index contributed by atoms with van der Waals surface area (Å²) in [6.45, 7) is 0.536. The van der Waals surface area contributed by atoms with Crippen molar-refractivity contribution < 1.29 is 0 Å². The van der Waals surface area contributed by atoms with E-state index in [1.165, 1.54) is 0 Å².